The molecule has 0 bridgehead atoms. The van der Waals surface area contributed by atoms with Gasteiger partial charge >= 0.3 is 89.3 Å². The first-order valence-corrected chi connectivity index (χ1v) is 8.44. The predicted octanol–water partition coefficient (Wildman–Crippen LogP) is 0.826. The first-order valence-electron chi connectivity index (χ1n) is 5.19. The molecule has 0 aliphatic carbocycles. The van der Waals surface area contributed by atoms with Gasteiger partial charge in [-0.1, -0.05) is 0 Å². The molecule has 0 aromatic rings. The van der Waals surface area contributed by atoms with Crippen molar-refractivity contribution in [2.75, 3.05) is 40.8 Å². The molecule has 0 amide bonds. The molecular weight excluding hydrogens is 220 g/mol. The third-order valence-corrected chi connectivity index (χ3v) is 9.94. The summed E-state index contributed by atoms with van der Waals surface area (Å²) < 4.78 is 7.62. The van der Waals surface area contributed by atoms with Crippen LogP contribution in [-0.4, -0.2) is 68.5 Å². The third kappa shape index (κ3) is 4.04. The van der Waals surface area contributed by atoms with Crippen molar-refractivity contribution in [3.05, 3.63) is 0 Å². The zero-order valence-corrected chi connectivity index (χ0v) is 12.5. The molecule has 0 aliphatic heterocycles. The van der Waals surface area contributed by atoms with Crippen molar-refractivity contribution >= 4 is 16.9 Å². The van der Waals surface area contributed by atoms with Gasteiger partial charge in [-0.15, -0.1) is 0 Å². The van der Waals surface area contributed by atoms with E-state index in [0.717, 1.165) is 0 Å². The SMILES string of the molecule is CC[N](C)[Ga]([N](C)CC)[N](C)CC. The van der Waals surface area contributed by atoms with Crippen molar-refractivity contribution in [1.82, 2.24) is 10.8 Å². The van der Waals surface area contributed by atoms with E-state index in [1.165, 1.54) is 19.6 Å². The van der Waals surface area contributed by atoms with Gasteiger partial charge in [0.1, 0.15) is 0 Å². The Balaban J connectivity index is 4.34. The topological polar surface area (TPSA) is 9.72 Å². The first-order chi connectivity index (χ1) is 6.08. The summed E-state index contributed by atoms with van der Waals surface area (Å²) in [5.41, 5.74) is 0. The zero-order valence-electron chi connectivity index (χ0n) is 10.0. The predicted molar refractivity (Wildman–Crippen MR) is 60.7 cm³/mol. The molecule has 0 fully saturated rings. The minimum absolute atomic E-state index is 1.17. The Hall–Kier alpha value is 0.516. The van der Waals surface area contributed by atoms with E-state index in [2.05, 4.69) is 52.7 Å². The van der Waals surface area contributed by atoms with Gasteiger partial charge in [0.25, 0.3) is 0 Å². The summed E-state index contributed by atoms with van der Waals surface area (Å²) in [6, 6.07) is 0. The van der Waals surface area contributed by atoms with Gasteiger partial charge in [-0.05, 0) is 0 Å². The van der Waals surface area contributed by atoms with E-state index < -0.39 is 16.9 Å². The maximum atomic E-state index is 2.54. The molecule has 0 spiro atoms. The molecule has 0 saturated carbocycles. The molecule has 0 aromatic heterocycles. The minimum atomic E-state index is -1.52. The van der Waals surface area contributed by atoms with Gasteiger partial charge in [-0.3, -0.25) is 0 Å². The molecule has 0 aromatic carbocycles. The summed E-state index contributed by atoms with van der Waals surface area (Å²) in [6.07, 6.45) is 0. The van der Waals surface area contributed by atoms with Crippen LogP contribution in [0.2, 0.25) is 0 Å². The maximum absolute atomic E-state index is 2.54. The molecule has 4 heteroatoms. The summed E-state index contributed by atoms with van der Waals surface area (Å²) in [4.78, 5) is 0. The van der Waals surface area contributed by atoms with E-state index in [-0.39, 0.29) is 0 Å². The average molecular weight is 244 g/mol. The van der Waals surface area contributed by atoms with Crippen molar-refractivity contribution in [2.45, 2.75) is 20.8 Å². The van der Waals surface area contributed by atoms with Gasteiger partial charge in [0.15, 0.2) is 0 Å². The Morgan fingerprint density at radius 1 is 0.692 bits per heavy atom. The van der Waals surface area contributed by atoms with Crippen LogP contribution in [0.5, 0.6) is 0 Å². The number of nitrogens with zero attached hydrogens (tertiary/aromatic N) is 3. The second-order valence-corrected chi connectivity index (χ2v) is 10.6. The summed E-state index contributed by atoms with van der Waals surface area (Å²) in [7, 11) is 6.76. The van der Waals surface area contributed by atoms with Crippen molar-refractivity contribution in [3.8, 4) is 0 Å². The second kappa shape index (κ2) is 6.89. The third-order valence-electron chi connectivity index (χ3n) is 2.68. The van der Waals surface area contributed by atoms with E-state index in [0.29, 0.717) is 0 Å². The summed E-state index contributed by atoms with van der Waals surface area (Å²) in [5.74, 6) is 0. The molecule has 0 N–H and O–H groups in total. The van der Waals surface area contributed by atoms with Crippen LogP contribution in [-0.2, 0) is 0 Å². The molecule has 0 aliphatic rings. The van der Waals surface area contributed by atoms with Gasteiger partial charge in [0.05, 0.1) is 0 Å². The van der Waals surface area contributed by atoms with Crippen LogP contribution in [0.15, 0.2) is 0 Å². The van der Waals surface area contributed by atoms with Gasteiger partial charge in [0.2, 0.25) is 0 Å². The van der Waals surface area contributed by atoms with Crippen LogP contribution in [0, 0.1) is 0 Å². The fraction of sp³-hybridized carbons (Fsp3) is 1.00. The quantitative estimate of drug-likeness (QED) is 0.640. The Bertz CT molecular complexity index is 108. The normalized spacial score (nSPS) is 11.8. The Kier molecular flexibility index (Phi) is 7.17. The van der Waals surface area contributed by atoms with Crippen LogP contribution >= 0.6 is 0 Å². The van der Waals surface area contributed by atoms with Crippen LogP contribution < -0.4 is 0 Å². The Morgan fingerprint density at radius 3 is 1.08 bits per heavy atom. The molecule has 78 valence electrons. The van der Waals surface area contributed by atoms with E-state index in [1.54, 1.807) is 0 Å². The molecule has 0 heterocycles. The van der Waals surface area contributed by atoms with Gasteiger partial charge < -0.3 is 0 Å². The van der Waals surface area contributed by atoms with Crippen LogP contribution in [0.25, 0.3) is 0 Å². The van der Waals surface area contributed by atoms with Crippen LogP contribution in [0.3, 0.4) is 0 Å². The summed E-state index contributed by atoms with van der Waals surface area (Å²) >= 11 is -1.52. The zero-order chi connectivity index (χ0) is 10.4. The van der Waals surface area contributed by atoms with Crippen molar-refractivity contribution in [3.63, 3.8) is 0 Å². The molecule has 0 unspecified atom stereocenters. The molecule has 3 nitrogen and oxygen atoms in total. The monoisotopic (exact) mass is 243 g/mol. The average Bonchev–Trinajstić information content (AvgIpc) is 2.16. The van der Waals surface area contributed by atoms with Gasteiger partial charge in [-0.2, -0.15) is 0 Å². The first kappa shape index (κ1) is 13.5. The van der Waals surface area contributed by atoms with Gasteiger partial charge in [-0.25, -0.2) is 0 Å². The molecular formula is C9H24GaN3. The van der Waals surface area contributed by atoms with E-state index in [9.17, 15) is 0 Å². The van der Waals surface area contributed by atoms with Gasteiger partial charge in [0, 0.05) is 0 Å². The molecule has 0 saturated heterocycles. The molecule has 13 heavy (non-hydrogen) atoms. The number of hydrogen-bond acceptors (Lipinski definition) is 3. The van der Waals surface area contributed by atoms with Crippen molar-refractivity contribution < 1.29 is 0 Å². The second-order valence-electron chi connectivity index (χ2n) is 3.57. The Morgan fingerprint density at radius 2 is 0.923 bits per heavy atom. The fourth-order valence-electron chi connectivity index (χ4n) is 1.50. The van der Waals surface area contributed by atoms with Crippen LogP contribution in [0.4, 0.5) is 0 Å². The number of rotatable bonds is 6. The van der Waals surface area contributed by atoms with E-state index in [4.69, 9.17) is 0 Å². The van der Waals surface area contributed by atoms with E-state index >= 15 is 0 Å². The van der Waals surface area contributed by atoms with Crippen LogP contribution in [0.1, 0.15) is 20.8 Å². The molecule has 0 atom stereocenters. The summed E-state index contributed by atoms with van der Waals surface area (Å²) in [6.45, 7) is 10.2. The standard InChI is InChI=1S/3C3H8N.Ga/c3*1-3-4-2;/h3*3H2,1-2H3;/q3*-1;+3. The fourth-order valence-corrected chi connectivity index (χ4v) is 7.79. The van der Waals surface area contributed by atoms with Crippen molar-refractivity contribution in [1.29, 1.82) is 0 Å². The molecule has 0 radical (unpaired) electrons. The Labute approximate surface area is 89.5 Å². The molecule has 0 rings (SSSR count). The summed E-state index contributed by atoms with van der Waals surface area (Å²) in [5, 5.41) is 0. The number of hydrogen-bond donors (Lipinski definition) is 0. The van der Waals surface area contributed by atoms with Crippen molar-refractivity contribution in [2.24, 2.45) is 0 Å². The van der Waals surface area contributed by atoms with E-state index in [1.807, 2.05) is 0 Å².